The van der Waals surface area contributed by atoms with Crippen LogP contribution < -0.4 is 9.62 Å². The normalized spacial score (nSPS) is 12.6. The summed E-state index contributed by atoms with van der Waals surface area (Å²) in [4.78, 5) is 30.9. The number of nitrogens with zero attached hydrogens (tertiary/aromatic N) is 2. The van der Waals surface area contributed by atoms with Gasteiger partial charge in [0.25, 0.3) is 10.0 Å². The fraction of sp³-hybridized carbons (Fsp3) is 0.278. The molecular weight excluding hydrogens is 638 g/mol. The summed E-state index contributed by atoms with van der Waals surface area (Å²) < 4.78 is 29.5. The number of amides is 2. The van der Waals surface area contributed by atoms with Crippen molar-refractivity contribution in [3.05, 3.63) is 125 Å². The van der Waals surface area contributed by atoms with Gasteiger partial charge >= 0.3 is 0 Å². The maximum Gasteiger partial charge on any atom is 0.264 e. The van der Waals surface area contributed by atoms with Gasteiger partial charge in [0, 0.05) is 28.9 Å². The zero-order valence-corrected chi connectivity index (χ0v) is 28.9. The number of thioether (sulfide) groups is 1. The highest BCUT2D eigenvalue weighted by Gasteiger charge is 2.35. The predicted octanol–water partition coefficient (Wildman–Crippen LogP) is 7.12. The zero-order valence-electron chi connectivity index (χ0n) is 26.5. The standard InChI is InChI=1S/C36H40ClN3O4S2/c1-5-27(3)38-36(42)34(23-28-11-7-6-8-12-28)39(24-29-13-9-10-14-33(29)37)35(41)25-40(30-17-15-26(2)16-18-30)46(43,44)32-21-19-31(45-4)20-22-32/h6-22,27,34H,5,23-25H2,1-4H3,(H,38,42)/t27-,34+/m0/s1. The summed E-state index contributed by atoms with van der Waals surface area (Å²) in [6.45, 7) is 5.27. The largest absolute Gasteiger partial charge is 0.352 e. The quantitative estimate of drug-likeness (QED) is 0.144. The summed E-state index contributed by atoms with van der Waals surface area (Å²) in [5, 5.41) is 3.49. The number of hydrogen-bond acceptors (Lipinski definition) is 5. The van der Waals surface area contributed by atoms with Crippen LogP contribution in [-0.2, 0) is 32.6 Å². The van der Waals surface area contributed by atoms with E-state index in [1.165, 1.54) is 16.7 Å². The predicted molar refractivity (Wildman–Crippen MR) is 188 cm³/mol. The second kappa shape index (κ2) is 16.2. The van der Waals surface area contributed by atoms with Gasteiger partial charge in [0.05, 0.1) is 10.6 Å². The molecule has 0 unspecified atom stereocenters. The minimum absolute atomic E-state index is 0.00807. The van der Waals surface area contributed by atoms with Crippen molar-refractivity contribution in [2.45, 2.75) is 62.0 Å². The molecule has 0 fully saturated rings. The Bertz CT molecular complexity index is 1720. The first-order valence-electron chi connectivity index (χ1n) is 15.1. The van der Waals surface area contributed by atoms with Crippen LogP contribution in [0.15, 0.2) is 113 Å². The van der Waals surface area contributed by atoms with E-state index in [-0.39, 0.29) is 29.8 Å². The number of hydrogen-bond donors (Lipinski definition) is 1. The van der Waals surface area contributed by atoms with Gasteiger partial charge in [0.2, 0.25) is 11.8 Å². The lowest BCUT2D eigenvalue weighted by molar-refractivity contribution is -0.140. The van der Waals surface area contributed by atoms with E-state index >= 15 is 0 Å². The van der Waals surface area contributed by atoms with Gasteiger partial charge in [-0.15, -0.1) is 11.8 Å². The lowest BCUT2D eigenvalue weighted by Gasteiger charge is -2.34. The lowest BCUT2D eigenvalue weighted by Crippen LogP contribution is -2.54. The van der Waals surface area contributed by atoms with Crippen molar-refractivity contribution in [1.82, 2.24) is 10.2 Å². The Kier molecular flexibility index (Phi) is 12.3. The number of carbonyl (C=O) groups is 2. The van der Waals surface area contributed by atoms with Crippen LogP contribution in [0, 0.1) is 6.92 Å². The SMILES string of the molecule is CC[C@H](C)NC(=O)[C@@H](Cc1ccccc1)N(Cc1ccccc1Cl)C(=O)CN(c1ccc(C)cc1)S(=O)(=O)c1ccc(SC)cc1. The molecule has 2 atom stereocenters. The molecule has 0 spiro atoms. The Morgan fingerprint density at radius 1 is 0.891 bits per heavy atom. The van der Waals surface area contributed by atoms with E-state index in [1.807, 2.05) is 63.4 Å². The highest BCUT2D eigenvalue weighted by molar-refractivity contribution is 7.98. The summed E-state index contributed by atoms with van der Waals surface area (Å²) in [5.74, 6) is -0.860. The molecule has 0 heterocycles. The average Bonchev–Trinajstić information content (AvgIpc) is 3.06. The number of benzene rings is 4. The van der Waals surface area contributed by atoms with Gasteiger partial charge < -0.3 is 10.2 Å². The molecule has 2 amide bonds. The van der Waals surface area contributed by atoms with Crippen molar-refractivity contribution in [2.24, 2.45) is 0 Å². The second-order valence-corrected chi connectivity index (χ2v) is 14.3. The van der Waals surface area contributed by atoms with Gasteiger partial charge in [-0.1, -0.05) is 84.8 Å². The van der Waals surface area contributed by atoms with Crippen molar-refractivity contribution < 1.29 is 18.0 Å². The Labute approximate surface area is 282 Å². The number of aryl methyl sites for hydroxylation is 1. The van der Waals surface area contributed by atoms with Crippen molar-refractivity contribution in [1.29, 1.82) is 0 Å². The van der Waals surface area contributed by atoms with E-state index in [0.717, 1.165) is 20.3 Å². The van der Waals surface area contributed by atoms with Crippen molar-refractivity contribution in [3.8, 4) is 0 Å². The zero-order chi connectivity index (χ0) is 33.3. The molecule has 0 radical (unpaired) electrons. The average molecular weight is 678 g/mol. The Morgan fingerprint density at radius 2 is 1.52 bits per heavy atom. The minimum Gasteiger partial charge on any atom is -0.352 e. The number of rotatable bonds is 14. The molecule has 1 N–H and O–H groups in total. The molecule has 0 aliphatic heterocycles. The van der Waals surface area contributed by atoms with Crippen molar-refractivity contribution in [3.63, 3.8) is 0 Å². The molecular formula is C36H40ClN3O4S2. The van der Waals surface area contributed by atoms with E-state index in [2.05, 4.69) is 5.32 Å². The summed E-state index contributed by atoms with van der Waals surface area (Å²) in [5.41, 5.74) is 2.79. The monoisotopic (exact) mass is 677 g/mol. The van der Waals surface area contributed by atoms with E-state index in [0.29, 0.717) is 22.7 Å². The molecule has 4 rings (SSSR count). The third-order valence-corrected chi connectivity index (χ3v) is 10.7. The second-order valence-electron chi connectivity index (χ2n) is 11.2. The molecule has 7 nitrogen and oxygen atoms in total. The van der Waals surface area contributed by atoms with E-state index in [9.17, 15) is 18.0 Å². The number of halogens is 1. The van der Waals surface area contributed by atoms with Gasteiger partial charge in [-0.05, 0) is 80.1 Å². The summed E-state index contributed by atoms with van der Waals surface area (Å²) >= 11 is 8.08. The Morgan fingerprint density at radius 3 is 2.13 bits per heavy atom. The fourth-order valence-corrected chi connectivity index (χ4v) is 6.94. The minimum atomic E-state index is -4.18. The van der Waals surface area contributed by atoms with Crippen LogP contribution in [0.4, 0.5) is 5.69 Å². The Balaban J connectivity index is 1.81. The molecule has 0 bridgehead atoms. The van der Waals surface area contributed by atoms with Crippen LogP contribution in [0.1, 0.15) is 37.0 Å². The summed E-state index contributed by atoms with van der Waals surface area (Å²) in [7, 11) is -4.18. The van der Waals surface area contributed by atoms with Crippen LogP contribution >= 0.6 is 23.4 Å². The van der Waals surface area contributed by atoms with Crippen LogP contribution in [-0.4, -0.2) is 50.0 Å². The first-order valence-corrected chi connectivity index (χ1v) is 18.2. The van der Waals surface area contributed by atoms with Gasteiger partial charge in [0.1, 0.15) is 12.6 Å². The first-order chi connectivity index (χ1) is 22.0. The molecule has 0 aliphatic rings. The van der Waals surface area contributed by atoms with Crippen LogP contribution in [0.25, 0.3) is 0 Å². The van der Waals surface area contributed by atoms with Crippen molar-refractivity contribution >= 4 is 50.9 Å². The highest BCUT2D eigenvalue weighted by Crippen LogP contribution is 2.27. The molecule has 0 aromatic heterocycles. The molecule has 10 heteroatoms. The summed E-state index contributed by atoms with van der Waals surface area (Å²) in [6, 6.07) is 29.1. The van der Waals surface area contributed by atoms with Gasteiger partial charge in [0.15, 0.2) is 0 Å². The van der Waals surface area contributed by atoms with Gasteiger partial charge in [-0.2, -0.15) is 0 Å². The Hall–Kier alpha value is -3.79. The first kappa shape index (κ1) is 35.1. The lowest BCUT2D eigenvalue weighted by atomic mass is 10.0. The molecule has 0 saturated carbocycles. The third-order valence-electron chi connectivity index (χ3n) is 7.82. The van der Waals surface area contributed by atoms with E-state index < -0.39 is 28.5 Å². The number of anilines is 1. The van der Waals surface area contributed by atoms with Crippen LogP contribution in [0.2, 0.25) is 5.02 Å². The van der Waals surface area contributed by atoms with Crippen LogP contribution in [0.5, 0.6) is 0 Å². The maximum absolute atomic E-state index is 14.6. The van der Waals surface area contributed by atoms with Crippen molar-refractivity contribution in [2.75, 3.05) is 17.1 Å². The molecule has 46 heavy (non-hydrogen) atoms. The fourth-order valence-electron chi connectivity index (χ4n) is 4.92. The maximum atomic E-state index is 14.6. The van der Waals surface area contributed by atoms with Gasteiger partial charge in [-0.3, -0.25) is 13.9 Å². The summed E-state index contributed by atoms with van der Waals surface area (Å²) in [6.07, 6.45) is 2.85. The number of sulfonamides is 1. The smallest absolute Gasteiger partial charge is 0.264 e. The van der Waals surface area contributed by atoms with E-state index in [4.69, 9.17) is 11.6 Å². The van der Waals surface area contributed by atoms with E-state index in [1.54, 1.807) is 66.7 Å². The molecule has 0 saturated heterocycles. The number of nitrogens with one attached hydrogen (secondary N) is 1. The third kappa shape index (κ3) is 8.93. The molecule has 0 aliphatic carbocycles. The molecule has 242 valence electrons. The van der Waals surface area contributed by atoms with Crippen LogP contribution in [0.3, 0.4) is 0 Å². The molecule has 4 aromatic carbocycles. The highest BCUT2D eigenvalue weighted by atomic mass is 35.5. The number of carbonyl (C=O) groups excluding carboxylic acids is 2. The van der Waals surface area contributed by atoms with Gasteiger partial charge in [-0.25, -0.2) is 8.42 Å². The molecule has 4 aromatic rings. The topological polar surface area (TPSA) is 86.8 Å².